The molecule has 1 saturated heterocycles. The van der Waals surface area contributed by atoms with E-state index < -0.39 is 0 Å². The minimum Gasteiger partial charge on any atom is -0.490 e. The summed E-state index contributed by atoms with van der Waals surface area (Å²) in [5.74, 6) is 2.05. The van der Waals surface area contributed by atoms with Crippen molar-refractivity contribution in [2.24, 2.45) is 7.05 Å². The molecule has 1 aliphatic heterocycles. The minimum absolute atomic E-state index is 0.0288. The number of ether oxygens (including phenoxy) is 2. The average Bonchev–Trinajstić information content (AvgIpc) is 3.15. The lowest BCUT2D eigenvalue weighted by Gasteiger charge is -2.31. The summed E-state index contributed by atoms with van der Waals surface area (Å²) in [6.07, 6.45) is 1.48. The van der Waals surface area contributed by atoms with E-state index in [1.807, 2.05) is 49.1 Å². The molecule has 8 nitrogen and oxygen atoms in total. The lowest BCUT2D eigenvalue weighted by atomic mass is 9.95. The molecule has 3 aromatic rings. The highest BCUT2D eigenvalue weighted by atomic mass is 16.5. The molecule has 0 atom stereocenters. The molecule has 0 bridgehead atoms. The molecule has 33 heavy (non-hydrogen) atoms. The summed E-state index contributed by atoms with van der Waals surface area (Å²) in [6, 6.07) is 14.9. The molecule has 174 valence electrons. The number of para-hydroxylation sites is 1. The summed E-state index contributed by atoms with van der Waals surface area (Å²) in [4.78, 5) is 27.8. The number of aromatic nitrogens is 3. The Bertz CT molecular complexity index is 1160. The number of likely N-dealkylation sites (tertiary alicyclic amines) is 1. The molecular weight excluding hydrogens is 420 g/mol. The largest absolute Gasteiger partial charge is 0.490 e. The first-order valence-corrected chi connectivity index (χ1v) is 11.4. The number of benzene rings is 2. The number of hydrogen-bond donors (Lipinski definition) is 0. The number of aryl methyl sites for hydroxylation is 1. The Morgan fingerprint density at radius 3 is 2.33 bits per heavy atom. The second-order valence-corrected chi connectivity index (χ2v) is 8.03. The van der Waals surface area contributed by atoms with Crippen LogP contribution in [0.15, 0.2) is 53.3 Å². The topological polar surface area (TPSA) is 78.6 Å². The van der Waals surface area contributed by atoms with Crippen LogP contribution in [0.4, 0.5) is 0 Å². The van der Waals surface area contributed by atoms with Crippen molar-refractivity contribution in [3.8, 4) is 17.2 Å². The monoisotopic (exact) mass is 450 g/mol. The predicted molar refractivity (Wildman–Crippen MR) is 125 cm³/mol. The number of amides is 1. The Labute approximate surface area is 193 Å². The molecule has 1 aromatic heterocycles. The molecule has 0 spiro atoms. The van der Waals surface area contributed by atoms with Gasteiger partial charge in [-0.1, -0.05) is 18.2 Å². The van der Waals surface area contributed by atoms with Crippen molar-refractivity contribution in [3.05, 3.63) is 70.4 Å². The van der Waals surface area contributed by atoms with E-state index in [0.29, 0.717) is 43.4 Å². The van der Waals surface area contributed by atoms with E-state index >= 15 is 0 Å². The van der Waals surface area contributed by atoms with Crippen LogP contribution in [0.2, 0.25) is 0 Å². The smallest absolute Gasteiger partial charge is 0.350 e. The molecule has 0 saturated carbocycles. The van der Waals surface area contributed by atoms with Crippen LogP contribution in [0.5, 0.6) is 11.5 Å². The SMILES string of the molecule is CCOc1ccc(C(=O)N2CCC(c3nn(C)c(=O)n3-c3ccccc3)CC2)cc1OCC. The molecule has 2 heterocycles. The van der Waals surface area contributed by atoms with Gasteiger partial charge in [-0.3, -0.25) is 4.79 Å². The van der Waals surface area contributed by atoms with Crippen LogP contribution in [0.1, 0.15) is 48.8 Å². The van der Waals surface area contributed by atoms with Gasteiger partial charge in [-0.05, 0) is 57.0 Å². The van der Waals surface area contributed by atoms with Crippen LogP contribution in [0.25, 0.3) is 5.69 Å². The molecular formula is C25H30N4O4. The van der Waals surface area contributed by atoms with Crippen molar-refractivity contribution in [2.45, 2.75) is 32.6 Å². The lowest BCUT2D eigenvalue weighted by Crippen LogP contribution is -2.38. The van der Waals surface area contributed by atoms with Crippen molar-refractivity contribution in [1.29, 1.82) is 0 Å². The summed E-state index contributed by atoms with van der Waals surface area (Å²) in [7, 11) is 1.67. The predicted octanol–water partition coefficient (Wildman–Crippen LogP) is 3.39. The van der Waals surface area contributed by atoms with E-state index in [9.17, 15) is 9.59 Å². The Balaban J connectivity index is 1.50. The zero-order valence-corrected chi connectivity index (χ0v) is 19.4. The van der Waals surface area contributed by atoms with Crippen LogP contribution in [-0.2, 0) is 7.05 Å². The molecule has 2 aromatic carbocycles. The molecule has 8 heteroatoms. The fourth-order valence-electron chi connectivity index (χ4n) is 4.28. The quantitative estimate of drug-likeness (QED) is 0.551. The molecule has 0 unspecified atom stereocenters. The van der Waals surface area contributed by atoms with Crippen LogP contribution in [0, 0.1) is 0 Å². The number of rotatable bonds is 7. The highest BCUT2D eigenvalue weighted by Gasteiger charge is 2.29. The fourth-order valence-corrected chi connectivity index (χ4v) is 4.28. The van der Waals surface area contributed by atoms with Gasteiger partial charge in [0.1, 0.15) is 5.82 Å². The third-order valence-corrected chi connectivity index (χ3v) is 5.90. The summed E-state index contributed by atoms with van der Waals surface area (Å²) >= 11 is 0. The highest BCUT2D eigenvalue weighted by molar-refractivity contribution is 5.95. The zero-order valence-electron chi connectivity index (χ0n) is 19.4. The van der Waals surface area contributed by atoms with Crippen molar-refractivity contribution in [3.63, 3.8) is 0 Å². The van der Waals surface area contributed by atoms with E-state index in [2.05, 4.69) is 5.10 Å². The maximum atomic E-state index is 13.2. The van der Waals surface area contributed by atoms with Gasteiger partial charge < -0.3 is 14.4 Å². The van der Waals surface area contributed by atoms with Gasteiger partial charge in [-0.2, -0.15) is 5.10 Å². The Hall–Kier alpha value is -3.55. The van der Waals surface area contributed by atoms with Gasteiger partial charge in [-0.15, -0.1) is 0 Å². The van der Waals surface area contributed by atoms with Crippen molar-refractivity contribution in [1.82, 2.24) is 19.2 Å². The van der Waals surface area contributed by atoms with E-state index in [1.165, 1.54) is 4.68 Å². The molecule has 1 amide bonds. The molecule has 0 radical (unpaired) electrons. The number of carbonyl (C=O) groups is 1. The molecule has 1 fully saturated rings. The van der Waals surface area contributed by atoms with Crippen LogP contribution < -0.4 is 15.2 Å². The first-order valence-electron chi connectivity index (χ1n) is 11.4. The second-order valence-electron chi connectivity index (χ2n) is 8.03. The maximum Gasteiger partial charge on any atom is 0.350 e. The third-order valence-electron chi connectivity index (χ3n) is 5.90. The average molecular weight is 451 g/mol. The summed E-state index contributed by atoms with van der Waals surface area (Å²) in [5, 5.41) is 4.53. The van der Waals surface area contributed by atoms with Crippen LogP contribution in [-0.4, -0.2) is 51.5 Å². The summed E-state index contributed by atoms with van der Waals surface area (Å²) in [6.45, 7) is 6.04. The minimum atomic E-state index is -0.160. The van der Waals surface area contributed by atoms with Gasteiger partial charge >= 0.3 is 5.69 Å². The lowest BCUT2D eigenvalue weighted by molar-refractivity contribution is 0.0710. The first kappa shape index (κ1) is 22.6. The van der Waals surface area contributed by atoms with Crippen molar-refractivity contribution >= 4 is 5.91 Å². The van der Waals surface area contributed by atoms with Gasteiger partial charge in [0.25, 0.3) is 5.91 Å². The Kier molecular flexibility index (Phi) is 6.82. The molecule has 4 rings (SSSR count). The van der Waals surface area contributed by atoms with Gasteiger partial charge in [0.2, 0.25) is 0 Å². The van der Waals surface area contributed by atoms with Gasteiger partial charge in [0, 0.05) is 31.6 Å². The van der Waals surface area contributed by atoms with E-state index in [0.717, 1.165) is 24.4 Å². The molecule has 0 N–H and O–H groups in total. The van der Waals surface area contributed by atoms with E-state index in [4.69, 9.17) is 9.47 Å². The molecule has 1 aliphatic rings. The number of carbonyl (C=O) groups excluding carboxylic acids is 1. The first-order chi connectivity index (χ1) is 16.0. The van der Waals surface area contributed by atoms with Crippen LogP contribution >= 0.6 is 0 Å². The van der Waals surface area contributed by atoms with Crippen molar-refractivity contribution < 1.29 is 14.3 Å². The Morgan fingerprint density at radius 1 is 1.00 bits per heavy atom. The van der Waals surface area contributed by atoms with E-state index in [-0.39, 0.29) is 17.5 Å². The van der Waals surface area contributed by atoms with Gasteiger partial charge in [0.15, 0.2) is 11.5 Å². The highest BCUT2D eigenvalue weighted by Crippen LogP contribution is 2.31. The second kappa shape index (κ2) is 9.94. The number of nitrogens with zero attached hydrogens (tertiary/aromatic N) is 4. The standard InChI is InChI=1S/C25H30N4O4/c1-4-32-21-12-11-19(17-22(21)33-5-2)24(30)28-15-13-18(14-16-28)23-26-27(3)25(31)29(23)20-9-7-6-8-10-20/h6-12,17-18H,4-5,13-16H2,1-3H3. The van der Waals surface area contributed by atoms with E-state index in [1.54, 1.807) is 29.8 Å². The maximum absolute atomic E-state index is 13.2. The third kappa shape index (κ3) is 4.65. The Morgan fingerprint density at radius 2 is 1.67 bits per heavy atom. The van der Waals surface area contributed by atoms with Gasteiger partial charge in [0.05, 0.1) is 18.9 Å². The van der Waals surface area contributed by atoms with Crippen molar-refractivity contribution in [2.75, 3.05) is 26.3 Å². The molecule has 0 aliphatic carbocycles. The number of hydrogen-bond acceptors (Lipinski definition) is 5. The summed E-state index contributed by atoms with van der Waals surface area (Å²) in [5.41, 5.74) is 1.23. The normalized spacial score (nSPS) is 14.3. The van der Waals surface area contributed by atoms with Crippen LogP contribution in [0.3, 0.4) is 0 Å². The van der Waals surface area contributed by atoms with Gasteiger partial charge in [-0.25, -0.2) is 14.0 Å². The zero-order chi connectivity index (χ0) is 23.4. The summed E-state index contributed by atoms with van der Waals surface area (Å²) < 4.78 is 14.3. The number of piperidine rings is 1. The fraction of sp³-hybridized carbons (Fsp3) is 0.400.